The molecule has 6 nitrogen and oxygen atoms in total. The van der Waals surface area contributed by atoms with Crippen LogP contribution in [0.3, 0.4) is 0 Å². The summed E-state index contributed by atoms with van der Waals surface area (Å²) >= 11 is 18.0. The number of nitrogens with zero attached hydrogens (tertiary/aromatic N) is 2. The minimum atomic E-state index is -4.03. The van der Waals surface area contributed by atoms with Crippen molar-refractivity contribution in [2.75, 3.05) is 10.5 Å². The first-order chi connectivity index (χ1) is 9.72. The van der Waals surface area contributed by atoms with Crippen LogP contribution in [0.2, 0.25) is 10.3 Å². The molecule has 0 aliphatic rings. The molecule has 3 N–H and O–H groups in total. The average Bonchev–Trinajstić information content (AvgIpc) is 2.32. The summed E-state index contributed by atoms with van der Waals surface area (Å²) in [5.74, 6) is 0. The molecular formula is C10H6Br2Cl2N4O2S. The number of nitrogens with two attached hydrogens (primary N) is 1. The quantitative estimate of drug-likeness (QED) is 0.520. The van der Waals surface area contributed by atoms with Crippen molar-refractivity contribution >= 4 is 76.5 Å². The number of rotatable bonds is 3. The van der Waals surface area contributed by atoms with Crippen molar-refractivity contribution in [1.82, 2.24) is 9.97 Å². The predicted molar refractivity (Wildman–Crippen MR) is 89.1 cm³/mol. The number of anilines is 2. The predicted octanol–water partition coefficient (Wildman–Crippen LogP) is 3.69. The summed E-state index contributed by atoms with van der Waals surface area (Å²) in [6.07, 6.45) is 1.12. The highest BCUT2D eigenvalue weighted by Gasteiger charge is 2.24. The molecule has 0 saturated carbocycles. The molecule has 0 amide bonds. The summed E-state index contributed by atoms with van der Waals surface area (Å²) in [5, 5.41) is -0.240. The molecule has 1 aromatic carbocycles. The van der Waals surface area contributed by atoms with Crippen LogP contribution in [0.5, 0.6) is 0 Å². The van der Waals surface area contributed by atoms with Gasteiger partial charge in [-0.2, -0.15) is 0 Å². The van der Waals surface area contributed by atoms with E-state index in [1.54, 1.807) is 6.07 Å². The summed E-state index contributed by atoms with van der Waals surface area (Å²) in [6, 6.07) is 3.01. The monoisotopic (exact) mass is 474 g/mol. The molecule has 0 radical (unpaired) electrons. The van der Waals surface area contributed by atoms with E-state index >= 15 is 0 Å². The van der Waals surface area contributed by atoms with Crippen molar-refractivity contribution in [3.8, 4) is 0 Å². The summed E-state index contributed by atoms with van der Waals surface area (Å²) in [5.41, 5.74) is 5.69. The minimum absolute atomic E-state index is 0.0489. The van der Waals surface area contributed by atoms with Gasteiger partial charge in [-0.1, -0.05) is 39.1 Å². The molecule has 0 bridgehead atoms. The average molecular weight is 477 g/mol. The highest BCUT2D eigenvalue weighted by Crippen LogP contribution is 2.35. The molecule has 21 heavy (non-hydrogen) atoms. The third-order valence-corrected chi connectivity index (χ3v) is 5.68. The highest BCUT2D eigenvalue weighted by molar-refractivity contribution is 9.11. The minimum Gasteiger partial charge on any atom is -0.398 e. The van der Waals surface area contributed by atoms with E-state index in [4.69, 9.17) is 28.9 Å². The maximum Gasteiger partial charge on any atom is 0.265 e. The zero-order chi connectivity index (χ0) is 15.8. The van der Waals surface area contributed by atoms with Gasteiger partial charge in [-0.15, -0.1) is 0 Å². The third-order valence-electron chi connectivity index (χ3n) is 2.30. The highest BCUT2D eigenvalue weighted by atomic mass is 79.9. The molecule has 0 atom stereocenters. The molecule has 0 unspecified atom stereocenters. The van der Waals surface area contributed by atoms with Crippen molar-refractivity contribution in [1.29, 1.82) is 0 Å². The third kappa shape index (κ3) is 3.59. The van der Waals surface area contributed by atoms with Gasteiger partial charge in [0.2, 0.25) is 0 Å². The Hall–Kier alpha value is -0.610. The van der Waals surface area contributed by atoms with Crippen LogP contribution in [0.25, 0.3) is 0 Å². The number of benzene rings is 1. The molecule has 1 aromatic heterocycles. The number of aromatic nitrogens is 2. The van der Waals surface area contributed by atoms with E-state index in [-0.39, 0.29) is 31.0 Å². The van der Waals surface area contributed by atoms with Gasteiger partial charge in [0.15, 0.2) is 10.3 Å². The van der Waals surface area contributed by atoms with E-state index in [2.05, 4.69) is 46.5 Å². The fourth-order valence-electron chi connectivity index (χ4n) is 1.48. The number of nitrogen functional groups attached to an aromatic ring is 1. The van der Waals surface area contributed by atoms with Gasteiger partial charge in [-0.3, -0.25) is 4.72 Å². The van der Waals surface area contributed by atoms with Crippen LogP contribution >= 0.6 is 55.1 Å². The van der Waals surface area contributed by atoms with E-state index in [1.165, 1.54) is 6.07 Å². The van der Waals surface area contributed by atoms with Crippen molar-refractivity contribution in [3.05, 3.63) is 37.7 Å². The molecule has 0 aliphatic heterocycles. The molecule has 0 spiro atoms. The van der Waals surface area contributed by atoms with Crippen LogP contribution in [0.15, 0.2) is 32.3 Å². The van der Waals surface area contributed by atoms with Gasteiger partial charge in [-0.25, -0.2) is 18.4 Å². The molecule has 1 heterocycles. The lowest BCUT2D eigenvalue weighted by Crippen LogP contribution is -2.16. The second-order valence-electron chi connectivity index (χ2n) is 3.74. The molecule has 0 aliphatic carbocycles. The van der Waals surface area contributed by atoms with Crippen LogP contribution in [-0.2, 0) is 10.0 Å². The Morgan fingerprint density at radius 1 is 1.14 bits per heavy atom. The summed E-state index contributed by atoms with van der Waals surface area (Å²) in [7, 11) is -4.03. The number of hydrogen-bond donors (Lipinski definition) is 2. The first-order valence-corrected chi connectivity index (χ1v) is 8.98. The van der Waals surface area contributed by atoms with Gasteiger partial charge >= 0.3 is 0 Å². The fraction of sp³-hybridized carbons (Fsp3) is 0. The van der Waals surface area contributed by atoms with E-state index in [0.717, 1.165) is 6.33 Å². The molecule has 2 rings (SSSR count). The molecule has 0 saturated heterocycles. The van der Waals surface area contributed by atoms with Crippen molar-refractivity contribution < 1.29 is 8.42 Å². The normalized spacial score (nSPS) is 11.4. The Balaban J connectivity index is 2.54. The molecule has 112 valence electrons. The fourth-order valence-corrected chi connectivity index (χ4v) is 5.15. The van der Waals surface area contributed by atoms with Gasteiger partial charge in [0.05, 0.1) is 5.69 Å². The van der Waals surface area contributed by atoms with Gasteiger partial charge < -0.3 is 5.73 Å². The lowest BCUT2D eigenvalue weighted by atomic mass is 10.3. The van der Waals surface area contributed by atoms with Crippen molar-refractivity contribution in [2.24, 2.45) is 0 Å². The van der Waals surface area contributed by atoms with Crippen LogP contribution in [0, 0.1) is 0 Å². The van der Waals surface area contributed by atoms with Gasteiger partial charge in [0.25, 0.3) is 10.0 Å². The zero-order valence-electron chi connectivity index (χ0n) is 9.94. The first-order valence-electron chi connectivity index (χ1n) is 5.15. The van der Waals surface area contributed by atoms with Gasteiger partial charge in [-0.05, 0) is 28.1 Å². The Kier molecular flexibility index (Phi) is 4.99. The van der Waals surface area contributed by atoms with Crippen LogP contribution in [-0.4, -0.2) is 18.4 Å². The Morgan fingerprint density at radius 2 is 1.71 bits per heavy atom. The standard InChI is InChI=1S/C10H6Br2Cl2N4O2S/c11-4-1-5(12)8(6(15)2-4)21(19,20)18-7-9(13)16-3-17-10(7)14/h1-3,18H,15H2. The van der Waals surface area contributed by atoms with E-state index in [0.29, 0.717) is 4.47 Å². The lowest BCUT2D eigenvalue weighted by Gasteiger charge is -2.13. The van der Waals surface area contributed by atoms with E-state index in [9.17, 15) is 8.42 Å². The maximum atomic E-state index is 12.4. The Labute approximate surface area is 147 Å². The second kappa shape index (κ2) is 6.25. The maximum absolute atomic E-state index is 12.4. The van der Waals surface area contributed by atoms with Crippen LogP contribution in [0.1, 0.15) is 0 Å². The second-order valence-corrected chi connectivity index (χ2v) is 7.85. The summed E-state index contributed by atoms with van der Waals surface area (Å²) in [4.78, 5) is 7.20. The molecule has 2 aromatic rings. The van der Waals surface area contributed by atoms with Gasteiger partial charge in [0.1, 0.15) is 16.9 Å². The number of halogens is 4. The van der Waals surface area contributed by atoms with Gasteiger partial charge in [0, 0.05) is 8.95 Å². The number of hydrogen-bond acceptors (Lipinski definition) is 5. The SMILES string of the molecule is Nc1cc(Br)cc(Br)c1S(=O)(=O)Nc1c(Cl)ncnc1Cl. The molecule has 11 heteroatoms. The molecule has 0 fully saturated rings. The summed E-state index contributed by atoms with van der Waals surface area (Å²) < 4.78 is 28.0. The summed E-state index contributed by atoms with van der Waals surface area (Å²) in [6.45, 7) is 0. The largest absolute Gasteiger partial charge is 0.398 e. The molecular weight excluding hydrogens is 471 g/mol. The van der Waals surface area contributed by atoms with E-state index in [1.807, 2.05) is 0 Å². The van der Waals surface area contributed by atoms with E-state index < -0.39 is 10.0 Å². The Bertz CT molecular complexity index is 773. The van der Waals surface area contributed by atoms with Crippen molar-refractivity contribution in [3.63, 3.8) is 0 Å². The van der Waals surface area contributed by atoms with Crippen LogP contribution in [0.4, 0.5) is 11.4 Å². The Morgan fingerprint density at radius 3 is 2.24 bits per heavy atom. The smallest absolute Gasteiger partial charge is 0.265 e. The number of sulfonamides is 1. The van der Waals surface area contributed by atoms with Crippen molar-refractivity contribution in [2.45, 2.75) is 4.90 Å². The number of nitrogens with one attached hydrogen (secondary N) is 1. The zero-order valence-corrected chi connectivity index (χ0v) is 15.4. The lowest BCUT2D eigenvalue weighted by molar-refractivity contribution is 0.601. The topological polar surface area (TPSA) is 98.0 Å². The van der Waals surface area contributed by atoms with Crippen LogP contribution < -0.4 is 10.5 Å². The first kappa shape index (κ1) is 16.8.